The minimum atomic E-state index is -0.467. The number of carbonyl (C=O) groups excluding carboxylic acids is 1. The smallest absolute Gasteiger partial charge is 0.271 e. The molecule has 0 saturated heterocycles. The summed E-state index contributed by atoms with van der Waals surface area (Å²) in [5.41, 5.74) is 7.71. The van der Waals surface area contributed by atoms with Crippen molar-refractivity contribution in [3.8, 4) is 11.1 Å². The molecule has 0 radical (unpaired) electrons. The first-order chi connectivity index (χ1) is 10.5. The van der Waals surface area contributed by atoms with Crippen LogP contribution in [0.3, 0.4) is 0 Å². The third-order valence-electron chi connectivity index (χ3n) is 3.38. The van der Waals surface area contributed by atoms with Gasteiger partial charge in [-0.1, -0.05) is 17.7 Å². The fourth-order valence-corrected chi connectivity index (χ4v) is 2.54. The minimum absolute atomic E-state index is 0.158. The van der Waals surface area contributed by atoms with Crippen molar-refractivity contribution in [3.63, 3.8) is 0 Å². The number of hydrogen-bond donors (Lipinski definition) is 2. The van der Waals surface area contributed by atoms with Crippen LogP contribution in [-0.2, 0) is 0 Å². The normalized spacial score (nSPS) is 10.9. The zero-order chi connectivity index (χ0) is 15.9. The summed E-state index contributed by atoms with van der Waals surface area (Å²) in [6, 6.07) is 6.05. The fourth-order valence-electron chi connectivity index (χ4n) is 2.27. The first kappa shape index (κ1) is 14.3. The van der Waals surface area contributed by atoms with E-state index < -0.39 is 5.82 Å². The molecule has 0 aliphatic rings. The molecule has 0 spiro atoms. The second kappa shape index (κ2) is 5.31. The third kappa shape index (κ3) is 2.17. The number of fused-ring (bicyclic) bond motifs is 1. The summed E-state index contributed by atoms with van der Waals surface area (Å²) in [5, 5.41) is 2.68. The van der Waals surface area contributed by atoms with Crippen LogP contribution in [0.15, 0.2) is 36.8 Å². The number of rotatable bonds is 2. The second-order valence-electron chi connectivity index (χ2n) is 4.71. The molecule has 0 aliphatic heterocycles. The van der Waals surface area contributed by atoms with Gasteiger partial charge in [-0.25, -0.2) is 9.37 Å². The molecular formula is C15H12ClFN4O. The van der Waals surface area contributed by atoms with Crippen LogP contribution in [0.5, 0.6) is 0 Å². The number of halogens is 2. The zero-order valence-electron chi connectivity index (χ0n) is 11.6. The van der Waals surface area contributed by atoms with Crippen LogP contribution in [0, 0.1) is 5.82 Å². The fraction of sp³-hybridized carbons (Fsp3) is 0.0667. The van der Waals surface area contributed by atoms with E-state index >= 15 is 0 Å². The summed E-state index contributed by atoms with van der Waals surface area (Å²) in [4.78, 5) is 15.8. The molecule has 1 aromatic carbocycles. The number of amides is 1. The van der Waals surface area contributed by atoms with E-state index in [0.717, 1.165) is 0 Å². The Morgan fingerprint density at radius 2 is 2.14 bits per heavy atom. The molecule has 22 heavy (non-hydrogen) atoms. The van der Waals surface area contributed by atoms with Crippen LogP contribution >= 0.6 is 11.6 Å². The van der Waals surface area contributed by atoms with Gasteiger partial charge in [-0.15, -0.1) is 0 Å². The summed E-state index contributed by atoms with van der Waals surface area (Å²) in [7, 11) is 1.53. The highest BCUT2D eigenvalue weighted by atomic mass is 35.5. The van der Waals surface area contributed by atoms with Gasteiger partial charge in [-0.2, -0.15) is 0 Å². The number of imidazole rings is 1. The Labute approximate surface area is 130 Å². The van der Waals surface area contributed by atoms with Gasteiger partial charge >= 0.3 is 0 Å². The number of nitrogens with zero attached hydrogens (tertiary/aromatic N) is 2. The quantitative estimate of drug-likeness (QED) is 0.714. The topological polar surface area (TPSA) is 72.4 Å². The van der Waals surface area contributed by atoms with Crippen LogP contribution in [0.4, 0.5) is 10.1 Å². The number of nitrogens with one attached hydrogen (secondary N) is 1. The van der Waals surface area contributed by atoms with Crippen LogP contribution in [0.25, 0.3) is 16.6 Å². The lowest BCUT2D eigenvalue weighted by atomic mass is 10.1. The van der Waals surface area contributed by atoms with Crippen LogP contribution < -0.4 is 11.1 Å². The van der Waals surface area contributed by atoms with Gasteiger partial charge in [0.25, 0.3) is 5.91 Å². The first-order valence-electron chi connectivity index (χ1n) is 6.45. The SMILES string of the molecule is CNC(=O)c1ncn2cc(-c3c(F)ccc(N)c3Cl)ccc12. The second-order valence-corrected chi connectivity index (χ2v) is 5.09. The van der Waals surface area contributed by atoms with E-state index in [1.165, 1.54) is 25.5 Å². The first-order valence-corrected chi connectivity index (χ1v) is 6.83. The van der Waals surface area contributed by atoms with Crippen LogP contribution in [0.2, 0.25) is 5.02 Å². The molecule has 5 nitrogen and oxygen atoms in total. The lowest BCUT2D eigenvalue weighted by Crippen LogP contribution is -2.18. The highest BCUT2D eigenvalue weighted by Gasteiger charge is 2.16. The largest absolute Gasteiger partial charge is 0.398 e. The Balaban J connectivity index is 2.19. The standard InChI is InChI=1S/C15H12ClFN4O/c1-19-15(22)14-11-5-2-8(6-21(11)7-20-14)12-9(17)3-4-10(18)13(12)16/h2-7H,18H2,1H3,(H,19,22). The lowest BCUT2D eigenvalue weighted by Gasteiger charge is -2.09. The molecule has 2 heterocycles. The predicted octanol–water partition coefficient (Wildman–Crippen LogP) is 2.74. The molecule has 1 amide bonds. The zero-order valence-corrected chi connectivity index (χ0v) is 12.4. The van der Waals surface area contributed by atoms with E-state index in [2.05, 4.69) is 10.3 Å². The van der Waals surface area contributed by atoms with E-state index in [9.17, 15) is 9.18 Å². The molecule has 0 bridgehead atoms. The average Bonchev–Trinajstić information content (AvgIpc) is 2.94. The predicted molar refractivity (Wildman–Crippen MR) is 83.4 cm³/mol. The molecule has 3 N–H and O–H groups in total. The molecule has 0 aliphatic carbocycles. The van der Waals surface area contributed by atoms with Crippen molar-refractivity contribution < 1.29 is 9.18 Å². The maximum absolute atomic E-state index is 14.1. The van der Waals surface area contributed by atoms with Gasteiger partial charge in [-0.3, -0.25) is 4.79 Å². The number of anilines is 1. The van der Waals surface area contributed by atoms with Gasteiger partial charge in [0.05, 0.1) is 16.2 Å². The third-order valence-corrected chi connectivity index (χ3v) is 3.79. The number of pyridine rings is 1. The van der Waals surface area contributed by atoms with Gasteiger partial charge < -0.3 is 15.5 Å². The molecule has 2 aromatic heterocycles. The van der Waals surface area contributed by atoms with Crippen LogP contribution in [0.1, 0.15) is 10.5 Å². The van der Waals surface area contributed by atoms with E-state index in [4.69, 9.17) is 17.3 Å². The van der Waals surface area contributed by atoms with Crippen molar-refractivity contribution in [2.24, 2.45) is 0 Å². The van der Waals surface area contributed by atoms with Crippen molar-refractivity contribution in [2.45, 2.75) is 0 Å². The number of hydrogen-bond acceptors (Lipinski definition) is 3. The Morgan fingerprint density at radius 3 is 2.86 bits per heavy atom. The Bertz CT molecular complexity index is 891. The van der Waals surface area contributed by atoms with E-state index in [0.29, 0.717) is 22.5 Å². The maximum Gasteiger partial charge on any atom is 0.271 e. The number of nitrogen functional groups attached to an aromatic ring is 1. The molecule has 0 atom stereocenters. The summed E-state index contributed by atoms with van der Waals surface area (Å²) in [6.07, 6.45) is 3.14. The number of aromatic nitrogens is 2. The van der Waals surface area contributed by atoms with Crippen molar-refractivity contribution in [3.05, 3.63) is 53.3 Å². The molecular weight excluding hydrogens is 307 g/mol. The molecule has 7 heteroatoms. The Hall–Kier alpha value is -2.60. The van der Waals surface area contributed by atoms with Gasteiger partial charge in [-0.05, 0) is 18.2 Å². The minimum Gasteiger partial charge on any atom is -0.398 e. The highest BCUT2D eigenvalue weighted by Crippen LogP contribution is 2.34. The van der Waals surface area contributed by atoms with Crippen molar-refractivity contribution in [1.29, 1.82) is 0 Å². The van der Waals surface area contributed by atoms with E-state index in [-0.39, 0.29) is 16.5 Å². The maximum atomic E-state index is 14.1. The highest BCUT2D eigenvalue weighted by molar-refractivity contribution is 6.35. The Kier molecular flexibility index (Phi) is 3.46. The van der Waals surface area contributed by atoms with Crippen molar-refractivity contribution >= 4 is 28.7 Å². The van der Waals surface area contributed by atoms with Crippen LogP contribution in [-0.4, -0.2) is 22.3 Å². The average molecular weight is 319 g/mol. The van der Waals surface area contributed by atoms with Gasteiger partial charge in [0.2, 0.25) is 0 Å². The molecule has 0 saturated carbocycles. The van der Waals surface area contributed by atoms with E-state index in [1.54, 1.807) is 22.7 Å². The summed E-state index contributed by atoms with van der Waals surface area (Å²) in [6.45, 7) is 0. The van der Waals surface area contributed by atoms with Gasteiger partial charge in [0.15, 0.2) is 5.69 Å². The lowest BCUT2D eigenvalue weighted by molar-refractivity contribution is 0.0960. The van der Waals surface area contributed by atoms with Gasteiger partial charge in [0, 0.05) is 24.4 Å². The summed E-state index contributed by atoms with van der Waals surface area (Å²) >= 11 is 6.11. The number of carbonyl (C=O) groups is 1. The number of nitrogens with two attached hydrogens (primary N) is 1. The molecule has 3 rings (SSSR count). The molecule has 0 fully saturated rings. The van der Waals surface area contributed by atoms with Gasteiger partial charge in [0.1, 0.15) is 12.1 Å². The molecule has 112 valence electrons. The summed E-state index contributed by atoms with van der Waals surface area (Å²) < 4.78 is 15.7. The monoisotopic (exact) mass is 318 g/mol. The number of benzene rings is 1. The summed E-state index contributed by atoms with van der Waals surface area (Å²) in [5.74, 6) is -0.756. The van der Waals surface area contributed by atoms with E-state index in [1.807, 2.05) is 0 Å². The molecule has 3 aromatic rings. The van der Waals surface area contributed by atoms with Crippen molar-refractivity contribution in [1.82, 2.24) is 14.7 Å². The molecule has 0 unspecified atom stereocenters. The Morgan fingerprint density at radius 1 is 1.36 bits per heavy atom. The van der Waals surface area contributed by atoms with Crippen molar-refractivity contribution in [2.75, 3.05) is 12.8 Å².